The van der Waals surface area contributed by atoms with E-state index in [2.05, 4.69) is 31.0 Å². The number of para-hydroxylation sites is 1. The Morgan fingerprint density at radius 2 is 1.79 bits per heavy atom. The molecule has 2 aliphatic heterocycles. The Hall–Kier alpha value is -3.11. The molecule has 11 heteroatoms. The molecular weight excluding hydrogens is 639 g/mol. The summed E-state index contributed by atoms with van der Waals surface area (Å²) < 4.78 is 8.26. The second-order valence-electron chi connectivity index (χ2n) is 14.2. The maximum Gasteiger partial charge on any atom is 0.306 e. The first kappa shape index (κ1) is 33.8. The number of hydrogen-bond donors (Lipinski definition) is 2. The number of anilines is 1. The number of carbonyl (C=O) groups is 3. The molecule has 2 amide bonds. The molecule has 1 aliphatic carbocycles. The Morgan fingerprint density at radius 3 is 2.47 bits per heavy atom. The molecule has 2 saturated heterocycles. The summed E-state index contributed by atoms with van der Waals surface area (Å²) in [5, 5.41) is 13.8. The fourth-order valence-electron chi connectivity index (χ4n) is 8.34. The Kier molecular flexibility index (Phi) is 9.64. The lowest BCUT2D eigenvalue weighted by molar-refractivity contribution is -0.144. The molecule has 1 aromatic heterocycles. The van der Waals surface area contributed by atoms with Gasteiger partial charge in [0.2, 0.25) is 5.91 Å². The van der Waals surface area contributed by atoms with Gasteiger partial charge in [-0.25, -0.2) is 0 Å². The van der Waals surface area contributed by atoms with Crippen LogP contribution in [0.15, 0.2) is 42.6 Å². The molecule has 9 nitrogen and oxygen atoms in total. The van der Waals surface area contributed by atoms with E-state index in [-0.39, 0.29) is 47.9 Å². The maximum atomic E-state index is 14.0. The molecule has 0 bridgehead atoms. The highest BCUT2D eigenvalue weighted by Crippen LogP contribution is 2.42. The first-order chi connectivity index (χ1) is 22.3. The number of likely N-dealkylation sites (tertiary alicyclic amines) is 2. The van der Waals surface area contributed by atoms with Crippen LogP contribution >= 0.6 is 23.2 Å². The predicted molar refractivity (Wildman–Crippen MR) is 184 cm³/mol. The number of carboxylic acid groups (broad SMARTS) is 1. The Balaban J connectivity index is 1.15. The van der Waals surface area contributed by atoms with Crippen molar-refractivity contribution in [3.8, 4) is 0 Å². The van der Waals surface area contributed by atoms with E-state index < -0.39 is 5.97 Å². The van der Waals surface area contributed by atoms with Gasteiger partial charge in [-0.1, -0.05) is 41.4 Å². The van der Waals surface area contributed by atoms with Gasteiger partial charge >= 0.3 is 5.97 Å². The molecule has 0 spiro atoms. The summed E-state index contributed by atoms with van der Waals surface area (Å²) in [6.07, 6.45) is 6.46. The number of aromatic nitrogens is 1. The average molecular weight is 684 g/mol. The highest BCUT2D eigenvalue weighted by molar-refractivity contribution is 6.36. The molecule has 6 rings (SSSR count). The zero-order valence-corrected chi connectivity index (χ0v) is 29.0. The molecule has 2 N–H and O–H groups in total. The zero-order valence-electron chi connectivity index (χ0n) is 27.5. The van der Waals surface area contributed by atoms with Crippen molar-refractivity contribution in [2.24, 2.45) is 13.0 Å². The van der Waals surface area contributed by atoms with E-state index in [1.54, 1.807) is 18.3 Å². The first-order valence-electron chi connectivity index (χ1n) is 16.6. The van der Waals surface area contributed by atoms with Crippen LogP contribution in [0.5, 0.6) is 0 Å². The number of halogens is 2. The number of rotatable bonds is 9. The largest absolute Gasteiger partial charge is 0.481 e. The number of fused-ring (bicyclic) bond motifs is 1. The number of aliphatic carboxylic acids is 1. The molecule has 1 saturated carbocycles. The van der Waals surface area contributed by atoms with Crippen LogP contribution in [0.3, 0.4) is 0 Å². The lowest BCUT2D eigenvalue weighted by Gasteiger charge is -2.57. The van der Waals surface area contributed by atoms with Crippen molar-refractivity contribution in [3.05, 3.63) is 63.8 Å². The van der Waals surface area contributed by atoms with Crippen LogP contribution in [0.1, 0.15) is 75.2 Å². The molecule has 3 heterocycles. The van der Waals surface area contributed by atoms with Crippen molar-refractivity contribution in [3.63, 3.8) is 0 Å². The van der Waals surface area contributed by atoms with Gasteiger partial charge in [-0.3, -0.25) is 19.3 Å². The van der Waals surface area contributed by atoms with Gasteiger partial charge < -0.3 is 24.6 Å². The summed E-state index contributed by atoms with van der Waals surface area (Å²) in [5.74, 6) is -1.38. The second-order valence-corrected chi connectivity index (χ2v) is 15.0. The van der Waals surface area contributed by atoms with Crippen LogP contribution in [-0.4, -0.2) is 80.2 Å². The van der Waals surface area contributed by atoms with Gasteiger partial charge in [-0.05, 0) is 83.1 Å². The van der Waals surface area contributed by atoms with Crippen LogP contribution < -0.4 is 5.32 Å². The number of nitrogens with zero attached hydrogens (tertiary/aromatic N) is 3. The van der Waals surface area contributed by atoms with Crippen molar-refractivity contribution in [1.29, 1.82) is 0 Å². The van der Waals surface area contributed by atoms with Gasteiger partial charge in [0.1, 0.15) is 0 Å². The van der Waals surface area contributed by atoms with Gasteiger partial charge in [0.05, 0.1) is 47.4 Å². The van der Waals surface area contributed by atoms with Gasteiger partial charge in [-0.15, -0.1) is 0 Å². The number of aryl methyl sites for hydroxylation is 1. The lowest BCUT2D eigenvalue weighted by Crippen LogP contribution is -2.65. The topological polar surface area (TPSA) is 104 Å². The van der Waals surface area contributed by atoms with E-state index in [1.807, 2.05) is 40.8 Å². The number of carbonyl (C=O) groups excluding carboxylic acids is 2. The van der Waals surface area contributed by atoms with E-state index in [0.717, 1.165) is 36.6 Å². The summed E-state index contributed by atoms with van der Waals surface area (Å²) in [6, 6.07) is 11.5. The Morgan fingerprint density at radius 1 is 1.06 bits per heavy atom. The maximum absolute atomic E-state index is 14.0. The Labute approximate surface area is 286 Å². The summed E-state index contributed by atoms with van der Waals surface area (Å²) in [5.41, 5.74) is 2.53. The minimum Gasteiger partial charge on any atom is -0.481 e. The van der Waals surface area contributed by atoms with E-state index in [4.69, 9.17) is 27.9 Å². The SMILES string of the molecule is C[C@H]1CC(C)(C)N1[C@H]1C[C@@H](COC2CCC(C(=O)O)CC2)N(C(=O)Cc2cc(Cl)c(NC(=O)c3cn(C)c4ccccc34)cc2Cl)C1. The highest BCUT2D eigenvalue weighted by Gasteiger charge is 2.50. The standard InChI is InChI=1S/C36H44Cl2N4O5/c1-21-17-36(2,3)42(21)24-15-25(20-47-26-11-9-22(10-12-26)35(45)46)41(18-24)33(43)14-23-13-30(38)31(16-29(23)37)39-34(44)28-19-40(4)32-8-6-5-7-27(28)32/h5-8,13,16,19,21-22,24-26H,9-12,14-15,17-18,20H2,1-4H3,(H,39,44)(H,45,46)/t21-,22?,24-,25-,26?/m0/s1. The number of nitrogens with one attached hydrogen (secondary N) is 1. The third-order valence-electron chi connectivity index (χ3n) is 10.5. The lowest BCUT2D eigenvalue weighted by atomic mass is 9.80. The van der Waals surface area contributed by atoms with Crippen LogP contribution in [0.4, 0.5) is 5.69 Å². The van der Waals surface area contributed by atoms with Gasteiger partial charge in [0.25, 0.3) is 5.91 Å². The molecule has 3 aliphatic rings. The minimum atomic E-state index is -0.732. The van der Waals surface area contributed by atoms with Crippen molar-refractivity contribution in [2.75, 3.05) is 18.5 Å². The number of carboxylic acids is 1. The van der Waals surface area contributed by atoms with Crippen molar-refractivity contribution in [2.45, 2.75) is 95.5 Å². The van der Waals surface area contributed by atoms with Crippen LogP contribution in [0, 0.1) is 5.92 Å². The fourth-order valence-corrected chi connectivity index (χ4v) is 8.81. The smallest absolute Gasteiger partial charge is 0.306 e. The number of benzene rings is 2. The molecule has 3 fully saturated rings. The monoisotopic (exact) mass is 682 g/mol. The first-order valence-corrected chi connectivity index (χ1v) is 17.3. The highest BCUT2D eigenvalue weighted by atomic mass is 35.5. The van der Waals surface area contributed by atoms with Crippen molar-refractivity contribution in [1.82, 2.24) is 14.4 Å². The molecule has 252 valence electrons. The summed E-state index contributed by atoms with van der Waals surface area (Å²) in [6.45, 7) is 7.78. The third kappa shape index (κ3) is 6.91. The Bertz CT molecular complexity index is 1680. The van der Waals surface area contributed by atoms with Crippen LogP contribution in [0.25, 0.3) is 10.9 Å². The summed E-state index contributed by atoms with van der Waals surface area (Å²) in [7, 11) is 1.89. The van der Waals surface area contributed by atoms with Gasteiger partial charge in [0.15, 0.2) is 0 Å². The van der Waals surface area contributed by atoms with E-state index in [0.29, 0.717) is 58.9 Å². The number of ether oxygens (including phenoxy) is 1. The van der Waals surface area contributed by atoms with Gasteiger partial charge in [-0.2, -0.15) is 0 Å². The number of hydrogen-bond acceptors (Lipinski definition) is 5. The third-order valence-corrected chi connectivity index (χ3v) is 11.2. The zero-order chi connectivity index (χ0) is 33.6. The van der Waals surface area contributed by atoms with Crippen LogP contribution in [0.2, 0.25) is 10.0 Å². The molecule has 3 aromatic rings. The predicted octanol–water partition coefficient (Wildman–Crippen LogP) is 6.78. The molecule has 0 radical (unpaired) electrons. The average Bonchev–Trinajstić information content (AvgIpc) is 3.59. The molecule has 47 heavy (non-hydrogen) atoms. The quantitative estimate of drug-likeness (QED) is 0.258. The molecule has 3 atom stereocenters. The molecule has 2 aromatic carbocycles. The summed E-state index contributed by atoms with van der Waals surface area (Å²) in [4.78, 5) is 43.1. The fraction of sp³-hybridized carbons (Fsp3) is 0.528. The van der Waals surface area contributed by atoms with Crippen molar-refractivity contribution >= 4 is 57.6 Å². The summed E-state index contributed by atoms with van der Waals surface area (Å²) >= 11 is 13.4. The van der Waals surface area contributed by atoms with E-state index in [9.17, 15) is 19.5 Å². The number of amides is 2. The second kappa shape index (κ2) is 13.4. The van der Waals surface area contributed by atoms with E-state index >= 15 is 0 Å². The van der Waals surface area contributed by atoms with Crippen molar-refractivity contribution < 1.29 is 24.2 Å². The van der Waals surface area contributed by atoms with E-state index in [1.165, 1.54) is 0 Å². The minimum absolute atomic E-state index is 0.00542. The van der Waals surface area contributed by atoms with Crippen LogP contribution in [-0.2, 0) is 27.8 Å². The normalized spacial score (nSPS) is 25.9. The molecule has 0 unspecified atom stereocenters. The van der Waals surface area contributed by atoms with Gasteiger partial charge in [0, 0.05) is 53.3 Å². The molecular formula is C36H44Cl2N4O5.